The molecule has 0 spiro atoms. The highest BCUT2D eigenvalue weighted by molar-refractivity contribution is 7.85. The smallest absolute Gasteiger partial charge is 0.335 e. The molecular weight excluding hydrogens is 293 g/mol. The number of aldehydes is 1. The highest BCUT2D eigenvalue weighted by atomic mass is 32.2. The summed E-state index contributed by atoms with van der Waals surface area (Å²) in [5.41, 5.74) is 5.50. The number of halogens is 1. The van der Waals surface area contributed by atoms with Crippen LogP contribution in [0.2, 0.25) is 0 Å². The summed E-state index contributed by atoms with van der Waals surface area (Å²) >= 11 is 0. The van der Waals surface area contributed by atoms with Gasteiger partial charge in [-0.3, -0.25) is 9.35 Å². The molecule has 0 amide bonds. The van der Waals surface area contributed by atoms with Crippen molar-refractivity contribution in [3.05, 3.63) is 35.9 Å². The molecule has 4 N–H and O–H groups in total. The van der Waals surface area contributed by atoms with Gasteiger partial charge >= 0.3 is 5.97 Å². The molecule has 0 saturated heterocycles. The Morgan fingerprint density at radius 3 is 1.90 bits per heavy atom. The Balaban J connectivity index is 0. The summed E-state index contributed by atoms with van der Waals surface area (Å²) in [4.78, 5) is 19.0. The number of nitrogens with two attached hydrogens (primary N) is 1. The van der Waals surface area contributed by atoms with Gasteiger partial charge in [0.25, 0.3) is 10.1 Å². The van der Waals surface area contributed by atoms with Crippen molar-refractivity contribution in [2.45, 2.75) is 0 Å². The van der Waals surface area contributed by atoms with E-state index in [1.807, 2.05) is 18.2 Å². The van der Waals surface area contributed by atoms with Crippen LogP contribution in [-0.4, -0.2) is 49.3 Å². The van der Waals surface area contributed by atoms with Gasteiger partial charge in [0.05, 0.1) is 5.75 Å². The Hall–Kier alpha value is -1.84. The van der Waals surface area contributed by atoms with E-state index in [-0.39, 0.29) is 12.3 Å². The van der Waals surface area contributed by atoms with Crippen LogP contribution in [0.15, 0.2) is 30.3 Å². The third-order valence-corrected chi connectivity index (χ3v) is 2.18. The molecule has 0 aliphatic rings. The molecule has 114 valence electrons. The number of aliphatic carboxylic acids is 1. The van der Waals surface area contributed by atoms with Crippen LogP contribution in [0.3, 0.4) is 0 Å². The van der Waals surface area contributed by atoms with Crippen LogP contribution in [-0.2, 0) is 14.9 Å². The standard InChI is InChI=1S/C7H6O.C2H3FO2.C2H7NO3S/c8-6-7-4-2-1-3-5-7;3-1-2(4)5;3-1-2-7(4,5)6/h1-6H;1H2,(H,4,5);1-3H2,(H,4,5,6). The molecule has 0 radical (unpaired) electrons. The van der Waals surface area contributed by atoms with Gasteiger partial charge in [0.2, 0.25) is 0 Å². The Morgan fingerprint density at radius 1 is 1.30 bits per heavy atom. The van der Waals surface area contributed by atoms with Crippen molar-refractivity contribution < 1.29 is 32.1 Å². The van der Waals surface area contributed by atoms with Crippen molar-refractivity contribution in [2.75, 3.05) is 19.0 Å². The Kier molecular flexibility index (Phi) is 12.5. The normalized spacial score (nSPS) is 9.35. The van der Waals surface area contributed by atoms with E-state index in [1.165, 1.54) is 0 Å². The van der Waals surface area contributed by atoms with Crippen LogP contribution in [0, 0.1) is 0 Å². The van der Waals surface area contributed by atoms with Crippen molar-refractivity contribution in [3.63, 3.8) is 0 Å². The zero-order valence-electron chi connectivity index (χ0n) is 10.5. The lowest BCUT2D eigenvalue weighted by Gasteiger charge is -1.86. The minimum Gasteiger partial charge on any atom is -0.479 e. The summed E-state index contributed by atoms with van der Waals surface area (Å²) in [6, 6.07) is 9.10. The molecule has 0 aromatic heterocycles. The number of carboxylic acids is 1. The average Bonchev–Trinajstić information content (AvgIpc) is 2.39. The first-order valence-corrected chi connectivity index (χ1v) is 6.81. The molecule has 20 heavy (non-hydrogen) atoms. The number of rotatable bonds is 4. The lowest BCUT2D eigenvalue weighted by Crippen LogP contribution is -2.13. The summed E-state index contributed by atoms with van der Waals surface area (Å²) in [5, 5.41) is 7.35. The van der Waals surface area contributed by atoms with E-state index in [2.05, 4.69) is 0 Å². The second kappa shape index (κ2) is 12.2. The van der Waals surface area contributed by atoms with Crippen molar-refractivity contribution in [3.8, 4) is 0 Å². The maximum Gasteiger partial charge on any atom is 0.335 e. The van der Waals surface area contributed by atoms with Gasteiger partial charge in [0, 0.05) is 12.1 Å². The van der Waals surface area contributed by atoms with Crippen molar-refractivity contribution in [2.24, 2.45) is 5.73 Å². The fourth-order valence-electron chi connectivity index (χ4n) is 0.681. The fourth-order valence-corrected chi connectivity index (χ4v) is 0.978. The molecule has 7 nitrogen and oxygen atoms in total. The number of hydrogen-bond acceptors (Lipinski definition) is 5. The SMILES string of the molecule is NCCS(=O)(=O)O.O=C(O)CF.O=Cc1ccccc1. The van der Waals surface area contributed by atoms with Crippen molar-refractivity contribution in [1.29, 1.82) is 0 Å². The quantitative estimate of drug-likeness (QED) is 0.540. The van der Waals surface area contributed by atoms with E-state index >= 15 is 0 Å². The van der Waals surface area contributed by atoms with Gasteiger partial charge in [0.15, 0.2) is 6.67 Å². The molecule has 0 saturated carbocycles. The molecule has 0 heterocycles. The molecule has 1 aromatic carbocycles. The largest absolute Gasteiger partial charge is 0.479 e. The van der Waals surface area contributed by atoms with E-state index in [0.717, 1.165) is 11.8 Å². The van der Waals surface area contributed by atoms with Gasteiger partial charge in [-0.1, -0.05) is 30.3 Å². The van der Waals surface area contributed by atoms with Crippen LogP contribution in [0.5, 0.6) is 0 Å². The topological polar surface area (TPSA) is 135 Å². The van der Waals surface area contributed by atoms with Gasteiger partial charge in [-0.25, -0.2) is 9.18 Å². The summed E-state index contributed by atoms with van der Waals surface area (Å²) in [5.74, 6) is -1.77. The highest BCUT2D eigenvalue weighted by Crippen LogP contribution is 1.91. The molecule has 1 aromatic rings. The first kappa shape index (κ1) is 20.5. The predicted molar refractivity (Wildman–Crippen MR) is 70.9 cm³/mol. The molecule has 0 unspecified atom stereocenters. The second-order valence-corrected chi connectivity index (χ2v) is 4.70. The number of hydrogen-bond donors (Lipinski definition) is 3. The third kappa shape index (κ3) is 18.5. The van der Waals surface area contributed by atoms with Gasteiger partial charge < -0.3 is 10.8 Å². The molecule has 0 atom stereocenters. The molecule has 0 bridgehead atoms. The Morgan fingerprint density at radius 2 is 1.75 bits per heavy atom. The first-order chi connectivity index (χ1) is 9.26. The highest BCUT2D eigenvalue weighted by Gasteiger charge is 1.98. The monoisotopic (exact) mass is 309 g/mol. The molecule has 1 rings (SSSR count). The van der Waals surface area contributed by atoms with E-state index in [1.54, 1.807) is 12.1 Å². The maximum absolute atomic E-state index is 10.5. The van der Waals surface area contributed by atoms with Crippen LogP contribution < -0.4 is 5.73 Å². The molecule has 9 heteroatoms. The third-order valence-electron chi connectivity index (χ3n) is 1.43. The van der Waals surface area contributed by atoms with Gasteiger partial charge in [-0.05, 0) is 0 Å². The summed E-state index contributed by atoms with van der Waals surface area (Å²) in [6.07, 6.45) is 0.833. The lowest BCUT2D eigenvalue weighted by atomic mass is 10.2. The second-order valence-electron chi connectivity index (χ2n) is 3.13. The number of carbonyl (C=O) groups is 2. The van der Waals surface area contributed by atoms with E-state index in [0.29, 0.717) is 0 Å². The summed E-state index contributed by atoms with van der Waals surface area (Å²) in [7, 11) is -3.80. The van der Waals surface area contributed by atoms with Gasteiger partial charge in [-0.15, -0.1) is 0 Å². The molecule has 0 aliphatic carbocycles. The Bertz CT molecular complexity index is 477. The van der Waals surface area contributed by atoms with Gasteiger partial charge in [0.1, 0.15) is 6.29 Å². The lowest BCUT2D eigenvalue weighted by molar-refractivity contribution is -0.137. The summed E-state index contributed by atoms with van der Waals surface area (Å²) < 4.78 is 37.8. The number of carboxylic acid groups (broad SMARTS) is 1. The zero-order chi connectivity index (χ0) is 16.0. The number of carbonyl (C=O) groups excluding carboxylic acids is 1. The van der Waals surface area contributed by atoms with Crippen LogP contribution in [0.4, 0.5) is 4.39 Å². The van der Waals surface area contributed by atoms with Crippen molar-refractivity contribution in [1.82, 2.24) is 0 Å². The van der Waals surface area contributed by atoms with E-state index in [9.17, 15) is 17.6 Å². The molecule has 0 aliphatic heterocycles. The maximum atomic E-state index is 10.5. The predicted octanol–water partition coefficient (Wildman–Crippen LogP) is 0.373. The number of benzene rings is 1. The van der Waals surface area contributed by atoms with E-state index in [4.69, 9.17) is 20.2 Å². The molecular formula is C11H16FNO6S. The van der Waals surface area contributed by atoms with E-state index < -0.39 is 22.8 Å². The van der Waals surface area contributed by atoms with Crippen LogP contribution >= 0.6 is 0 Å². The van der Waals surface area contributed by atoms with Crippen LogP contribution in [0.1, 0.15) is 10.4 Å². The zero-order valence-corrected chi connectivity index (χ0v) is 11.3. The fraction of sp³-hybridized carbons (Fsp3) is 0.273. The Labute approximate surface area is 116 Å². The summed E-state index contributed by atoms with van der Waals surface area (Å²) in [6.45, 7) is -1.31. The minimum absolute atomic E-state index is 0.0289. The van der Waals surface area contributed by atoms with Gasteiger partial charge in [-0.2, -0.15) is 8.42 Å². The number of alkyl halides is 1. The minimum atomic E-state index is -3.80. The molecule has 0 fully saturated rings. The average molecular weight is 309 g/mol. The van der Waals surface area contributed by atoms with Crippen LogP contribution in [0.25, 0.3) is 0 Å². The first-order valence-electron chi connectivity index (χ1n) is 5.20. The van der Waals surface area contributed by atoms with Crippen molar-refractivity contribution >= 4 is 22.4 Å².